The summed E-state index contributed by atoms with van der Waals surface area (Å²) >= 11 is 0. The van der Waals surface area contributed by atoms with E-state index in [0.29, 0.717) is 0 Å². The quantitative estimate of drug-likeness (QED) is 0.308. The van der Waals surface area contributed by atoms with Crippen LogP contribution >= 0.6 is 0 Å². The Morgan fingerprint density at radius 2 is 2.25 bits per heavy atom. The van der Waals surface area contributed by atoms with Crippen molar-refractivity contribution in [2.45, 2.75) is 0 Å². The molecule has 0 heterocycles. The first kappa shape index (κ1) is 8.02. The maximum atomic E-state index is 4.75. The van der Waals surface area contributed by atoms with Crippen LogP contribution < -0.4 is 0 Å². The van der Waals surface area contributed by atoms with Crippen molar-refractivity contribution in [2.75, 3.05) is 14.2 Å². The molecular formula is C2H7B4NO. The van der Waals surface area contributed by atoms with Crippen LogP contribution in [0.3, 0.4) is 0 Å². The van der Waals surface area contributed by atoms with Gasteiger partial charge >= 0.3 is 51.7 Å². The van der Waals surface area contributed by atoms with Gasteiger partial charge in [-0.15, -0.1) is 0 Å². The van der Waals surface area contributed by atoms with Crippen LogP contribution in [0.1, 0.15) is 0 Å². The molecule has 0 amide bonds. The Morgan fingerprint density at radius 1 is 1.62 bits per heavy atom. The molecule has 8 heavy (non-hydrogen) atoms. The van der Waals surface area contributed by atoms with E-state index in [0.717, 1.165) is 0 Å². The minimum atomic E-state index is 1.58. The van der Waals surface area contributed by atoms with Gasteiger partial charge in [-0.25, -0.2) is 0 Å². The van der Waals surface area contributed by atoms with Gasteiger partial charge in [0.2, 0.25) is 0 Å². The Kier molecular flexibility index (Phi) is 5.17. The molecule has 6 heteroatoms. The summed E-state index contributed by atoms with van der Waals surface area (Å²) in [5, 5.41) is 0. The Balaban J connectivity index is 3.35. The number of hydrogen-bond acceptors (Lipinski definition) is 2. The molecule has 0 unspecified atom stereocenters. The van der Waals surface area contributed by atoms with Gasteiger partial charge in [-0.3, -0.25) is 0 Å². The molecule has 0 radical (unpaired) electrons. The predicted molar refractivity (Wildman–Crippen MR) is 39.2 cm³/mol. The number of rotatable bonds is 3. The molecule has 0 N–H and O–H groups in total. The Morgan fingerprint density at radius 3 is 2.62 bits per heavy atom. The molecular weight excluding hydrogens is 97.3 g/mol. The average molecular weight is 104 g/mol. The van der Waals surface area contributed by atoms with E-state index in [2.05, 4.69) is 7.37 Å². The summed E-state index contributed by atoms with van der Waals surface area (Å²) in [5.41, 5.74) is 0. The molecule has 0 atom stereocenters. The van der Waals surface area contributed by atoms with Gasteiger partial charge in [0.15, 0.2) is 0 Å². The van der Waals surface area contributed by atoms with Crippen molar-refractivity contribution in [2.24, 2.45) is 0 Å². The standard InChI is InChI=1S/C2H7B4NO/c1-7(8-2)6-5-4-3/h3H,1-2H3. The zero-order valence-electron chi connectivity index (χ0n) is 5.29. The third-order valence-corrected chi connectivity index (χ3v) is 0.720. The van der Waals surface area contributed by atoms with Crippen LogP contribution in [0.15, 0.2) is 0 Å². The van der Waals surface area contributed by atoms with E-state index in [-0.39, 0.29) is 0 Å². The fraction of sp³-hybridized carbons (Fsp3) is 1.00. The molecule has 0 rings (SSSR count). The van der Waals surface area contributed by atoms with Gasteiger partial charge in [-0.05, 0) is 0 Å². The third kappa shape index (κ3) is 4.19. The molecule has 0 spiro atoms. The summed E-state index contributed by atoms with van der Waals surface area (Å²) in [4.78, 5) is 6.34. The summed E-state index contributed by atoms with van der Waals surface area (Å²) in [6, 6.07) is 0. The second-order valence-electron chi connectivity index (χ2n) is 1.31. The predicted octanol–water partition coefficient (Wildman–Crippen LogP) is -1.85. The van der Waals surface area contributed by atoms with E-state index >= 15 is 0 Å². The first-order valence-electron chi connectivity index (χ1n) is 2.37. The fourth-order valence-corrected chi connectivity index (χ4v) is 0.243. The van der Waals surface area contributed by atoms with Gasteiger partial charge in [-0.2, -0.15) is 0 Å². The van der Waals surface area contributed by atoms with Crippen molar-refractivity contribution >= 4 is 27.7 Å². The summed E-state index contributed by atoms with van der Waals surface area (Å²) in [6.07, 6.45) is 0. The van der Waals surface area contributed by atoms with Gasteiger partial charge < -0.3 is 0 Å². The molecule has 2 nitrogen and oxygen atoms in total. The summed E-state index contributed by atoms with van der Waals surface area (Å²) in [5.74, 6) is 0. The molecule has 38 valence electrons. The summed E-state index contributed by atoms with van der Waals surface area (Å²) in [7, 11) is 6.91. The van der Waals surface area contributed by atoms with E-state index in [1.54, 1.807) is 39.5 Å². The van der Waals surface area contributed by atoms with Crippen LogP contribution in [-0.4, -0.2) is 46.8 Å². The number of hydrogen-bond donors (Lipinski definition) is 0. The van der Waals surface area contributed by atoms with Gasteiger partial charge in [0, 0.05) is 0 Å². The molecule has 0 aliphatic carbocycles. The van der Waals surface area contributed by atoms with Crippen LogP contribution in [0.4, 0.5) is 0 Å². The van der Waals surface area contributed by atoms with E-state index in [1.807, 2.05) is 0 Å². The molecule has 0 saturated heterocycles. The van der Waals surface area contributed by atoms with Crippen molar-refractivity contribution in [1.82, 2.24) is 4.97 Å². The SMILES string of the molecule is B=BB=BN(C)OC. The number of hydroxylamine groups is 1. The molecule has 0 fully saturated rings. The van der Waals surface area contributed by atoms with Gasteiger partial charge in [0.25, 0.3) is 0 Å². The van der Waals surface area contributed by atoms with Crippen molar-refractivity contribution in [3.05, 3.63) is 0 Å². The van der Waals surface area contributed by atoms with Crippen molar-refractivity contribution in [3.8, 4) is 0 Å². The Labute approximate surface area is 52.5 Å². The van der Waals surface area contributed by atoms with E-state index in [9.17, 15) is 0 Å². The minimum absolute atomic E-state index is 1.58. The van der Waals surface area contributed by atoms with Gasteiger partial charge in [0.1, 0.15) is 0 Å². The van der Waals surface area contributed by atoms with E-state index in [4.69, 9.17) is 4.84 Å². The van der Waals surface area contributed by atoms with E-state index in [1.165, 1.54) is 0 Å². The van der Waals surface area contributed by atoms with Gasteiger partial charge in [0.05, 0.1) is 0 Å². The summed E-state index contributed by atoms with van der Waals surface area (Å²) < 4.78 is 0. The summed E-state index contributed by atoms with van der Waals surface area (Å²) in [6.45, 7) is 5.26. The monoisotopic (exact) mass is 105 g/mol. The van der Waals surface area contributed by atoms with E-state index < -0.39 is 0 Å². The topological polar surface area (TPSA) is 12.5 Å². The van der Waals surface area contributed by atoms with Crippen molar-refractivity contribution in [3.63, 3.8) is 0 Å². The fourth-order valence-electron chi connectivity index (χ4n) is 0.243. The first-order valence-corrected chi connectivity index (χ1v) is 2.37. The Bertz CT molecular complexity index is 94.0. The second kappa shape index (κ2) is 5.16. The normalized spacial score (nSPS) is 7.12. The first-order chi connectivity index (χ1) is 3.81. The third-order valence-electron chi connectivity index (χ3n) is 0.720. The van der Waals surface area contributed by atoms with Crippen LogP contribution in [0, 0.1) is 0 Å². The maximum absolute atomic E-state index is 4.75. The van der Waals surface area contributed by atoms with Gasteiger partial charge in [-0.1, -0.05) is 0 Å². The number of nitrogens with zero attached hydrogens (tertiary/aromatic N) is 1. The Hall–Kier alpha value is 0.0197. The zero-order chi connectivity index (χ0) is 6.41. The zero-order valence-corrected chi connectivity index (χ0v) is 5.29. The van der Waals surface area contributed by atoms with Crippen LogP contribution in [0.25, 0.3) is 0 Å². The molecule has 0 aromatic carbocycles. The molecule has 0 aromatic heterocycles. The molecule has 0 aliphatic heterocycles. The van der Waals surface area contributed by atoms with Crippen LogP contribution in [0.5, 0.6) is 0 Å². The van der Waals surface area contributed by atoms with Crippen LogP contribution in [-0.2, 0) is 4.84 Å². The molecule has 0 saturated carbocycles. The molecule has 0 bridgehead atoms. The molecule has 0 aliphatic rings. The second-order valence-corrected chi connectivity index (χ2v) is 1.31. The van der Waals surface area contributed by atoms with Crippen molar-refractivity contribution < 1.29 is 4.84 Å². The average Bonchev–Trinajstić information content (AvgIpc) is 1.83. The van der Waals surface area contributed by atoms with Crippen LogP contribution in [0.2, 0.25) is 0 Å². The van der Waals surface area contributed by atoms with Crippen molar-refractivity contribution in [1.29, 1.82) is 0 Å². The molecule has 0 aromatic rings.